The number of nitrogens with zero attached hydrogens (tertiary/aromatic N) is 1. The van der Waals surface area contributed by atoms with Crippen LogP contribution in [0.5, 0.6) is 0 Å². The summed E-state index contributed by atoms with van der Waals surface area (Å²) in [5.74, 6) is 0. The van der Waals surface area contributed by atoms with Crippen LogP contribution in [0.15, 0.2) is 0 Å². The van der Waals surface area contributed by atoms with Crippen molar-refractivity contribution < 1.29 is 0 Å². The Balaban J connectivity index is 2.32. The van der Waals surface area contributed by atoms with E-state index in [4.69, 9.17) is 0 Å². The quantitative estimate of drug-likeness (QED) is 0.635. The van der Waals surface area contributed by atoms with Crippen LogP contribution < -0.4 is 0 Å². The SMILES string of the molecule is C[N](C1CCCCC1)[Ga]([CH3])[CH3]. The van der Waals surface area contributed by atoms with E-state index in [1.54, 1.807) is 0 Å². The van der Waals surface area contributed by atoms with E-state index in [1.807, 2.05) is 0 Å². The van der Waals surface area contributed by atoms with Crippen LogP contribution in [0.3, 0.4) is 0 Å². The molecule has 0 aromatic carbocycles. The van der Waals surface area contributed by atoms with Gasteiger partial charge in [-0.15, -0.1) is 0 Å². The molecular formula is C9H20GaN. The molecule has 0 spiro atoms. The summed E-state index contributed by atoms with van der Waals surface area (Å²) in [6.07, 6.45) is 7.38. The fraction of sp³-hybridized carbons (Fsp3) is 1.00. The first-order valence-electron chi connectivity index (χ1n) is 4.93. The van der Waals surface area contributed by atoms with Gasteiger partial charge >= 0.3 is 76.2 Å². The summed E-state index contributed by atoms with van der Waals surface area (Å²) in [5.41, 5.74) is 4.95. The van der Waals surface area contributed by atoms with Gasteiger partial charge in [-0.05, 0) is 0 Å². The second kappa shape index (κ2) is 4.58. The first-order chi connectivity index (χ1) is 5.22. The monoisotopic (exact) mass is 211 g/mol. The van der Waals surface area contributed by atoms with Gasteiger partial charge < -0.3 is 0 Å². The molecule has 11 heavy (non-hydrogen) atoms. The van der Waals surface area contributed by atoms with Crippen LogP contribution in [-0.2, 0) is 0 Å². The average Bonchev–Trinajstić information content (AvgIpc) is 2.05. The molecule has 0 amide bonds. The van der Waals surface area contributed by atoms with Crippen molar-refractivity contribution in [3.8, 4) is 0 Å². The van der Waals surface area contributed by atoms with E-state index in [2.05, 4.69) is 21.6 Å². The van der Waals surface area contributed by atoms with Crippen LogP contribution in [0, 0.1) is 0 Å². The van der Waals surface area contributed by atoms with Gasteiger partial charge in [0.25, 0.3) is 0 Å². The van der Waals surface area contributed by atoms with Gasteiger partial charge in [0, 0.05) is 0 Å². The Labute approximate surface area is 76.5 Å². The normalized spacial score (nSPS) is 20.7. The van der Waals surface area contributed by atoms with Crippen molar-refractivity contribution in [1.82, 2.24) is 3.61 Å². The molecule has 2 heteroatoms. The van der Waals surface area contributed by atoms with Crippen molar-refractivity contribution in [3.63, 3.8) is 0 Å². The molecular weight excluding hydrogens is 192 g/mol. The minimum absolute atomic E-state index is 0.933. The molecule has 1 aliphatic rings. The molecule has 0 aliphatic heterocycles. The van der Waals surface area contributed by atoms with Crippen molar-refractivity contribution in [1.29, 1.82) is 0 Å². The summed E-state index contributed by atoms with van der Waals surface area (Å²) in [7, 11) is 2.35. The van der Waals surface area contributed by atoms with Gasteiger partial charge in [-0.1, -0.05) is 0 Å². The van der Waals surface area contributed by atoms with Crippen LogP contribution in [0.2, 0.25) is 11.0 Å². The van der Waals surface area contributed by atoms with Crippen molar-refractivity contribution in [2.75, 3.05) is 7.05 Å². The van der Waals surface area contributed by atoms with Crippen LogP contribution in [-0.4, -0.2) is 33.2 Å². The van der Waals surface area contributed by atoms with Crippen molar-refractivity contribution >= 4 is 16.5 Å². The molecule has 0 radical (unpaired) electrons. The third kappa shape index (κ3) is 2.84. The first kappa shape index (κ1) is 9.68. The van der Waals surface area contributed by atoms with Crippen molar-refractivity contribution in [2.24, 2.45) is 0 Å². The van der Waals surface area contributed by atoms with E-state index < -0.39 is 16.5 Å². The molecule has 0 aromatic rings. The zero-order chi connectivity index (χ0) is 8.27. The second-order valence-electron chi connectivity index (χ2n) is 4.05. The molecule has 64 valence electrons. The Morgan fingerprint density at radius 3 is 2.09 bits per heavy atom. The van der Waals surface area contributed by atoms with Gasteiger partial charge in [0.05, 0.1) is 0 Å². The van der Waals surface area contributed by atoms with Gasteiger partial charge in [-0.25, -0.2) is 0 Å². The Bertz CT molecular complexity index is 108. The second-order valence-corrected chi connectivity index (χ2v) is 10.3. The number of hydrogen-bond acceptors (Lipinski definition) is 1. The minimum atomic E-state index is -0.933. The summed E-state index contributed by atoms with van der Waals surface area (Å²) in [4.78, 5) is 0. The van der Waals surface area contributed by atoms with E-state index in [9.17, 15) is 0 Å². The van der Waals surface area contributed by atoms with Crippen LogP contribution in [0.1, 0.15) is 32.1 Å². The molecule has 0 bridgehead atoms. The number of hydrogen-bond donors (Lipinski definition) is 0. The summed E-state index contributed by atoms with van der Waals surface area (Å²) in [6, 6.07) is 0.962. The molecule has 1 aliphatic carbocycles. The van der Waals surface area contributed by atoms with Gasteiger partial charge in [0.15, 0.2) is 0 Å². The summed E-state index contributed by atoms with van der Waals surface area (Å²) < 4.78 is 2.71. The molecule has 0 saturated heterocycles. The third-order valence-electron chi connectivity index (χ3n) is 2.97. The molecule has 0 unspecified atom stereocenters. The molecule has 1 saturated carbocycles. The predicted molar refractivity (Wildman–Crippen MR) is 52.1 cm³/mol. The fourth-order valence-corrected chi connectivity index (χ4v) is 4.30. The van der Waals surface area contributed by atoms with Crippen molar-refractivity contribution in [3.05, 3.63) is 0 Å². The summed E-state index contributed by atoms with van der Waals surface area (Å²) in [5, 5.41) is 0. The van der Waals surface area contributed by atoms with E-state index in [1.165, 1.54) is 32.1 Å². The molecule has 0 heterocycles. The van der Waals surface area contributed by atoms with E-state index in [0.717, 1.165) is 6.04 Å². The molecule has 1 fully saturated rings. The maximum atomic E-state index is 2.71. The molecule has 1 rings (SSSR count). The first-order valence-corrected chi connectivity index (χ1v) is 10.9. The zero-order valence-corrected chi connectivity index (χ0v) is 10.6. The Morgan fingerprint density at radius 2 is 1.64 bits per heavy atom. The standard InChI is InChI=1S/C7H14N.2CH3.Ga/c1-8-7-5-3-2-4-6-7;;;/h7H,2-6H2,1H3;2*1H3;/q-1;;;+1. The molecule has 0 atom stereocenters. The molecule has 1 nitrogen and oxygen atoms in total. The Kier molecular flexibility index (Phi) is 4.03. The predicted octanol–water partition coefficient (Wildman–Crippen LogP) is 2.50. The zero-order valence-electron chi connectivity index (χ0n) is 8.14. The third-order valence-corrected chi connectivity index (χ3v) is 7.27. The number of rotatable bonds is 2. The molecule has 0 aromatic heterocycles. The maximum absolute atomic E-state index is 2.71. The van der Waals surface area contributed by atoms with Crippen LogP contribution in [0.25, 0.3) is 0 Å². The average molecular weight is 212 g/mol. The Hall–Kier alpha value is 0.596. The Morgan fingerprint density at radius 1 is 1.09 bits per heavy atom. The van der Waals surface area contributed by atoms with Crippen LogP contribution >= 0.6 is 0 Å². The van der Waals surface area contributed by atoms with Crippen molar-refractivity contribution in [2.45, 2.75) is 49.1 Å². The van der Waals surface area contributed by atoms with E-state index in [-0.39, 0.29) is 0 Å². The topological polar surface area (TPSA) is 3.24 Å². The fourth-order valence-electron chi connectivity index (χ4n) is 1.91. The van der Waals surface area contributed by atoms with Gasteiger partial charge in [-0.3, -0.25) is 0 Å². The molecule has 0 N–H and O–H groups in total. The van der Waals surface area contributed by atoms with E-state index >= 15 is 0 Å². The summed E-state index contributed by atoms with van der Waals surface area (Å²) >= 11 is -0.933. The van der Waals surface area contributed by atoms with Crippen LogP contribution in [0.4, 0.5) is 0 Å². The summed E-state index contributed by atoms with van der Waals surface area (Å²) in [6.45, 7) is 0. The van der Waals surface area contributed by atoms with Gasteiger partial charge in [-0.2, -0.15) is 0 Å². The van der Waals surface area contributed by atoms with E-state index in [0.29, 0.717) is 0 Å². The van der Waals surface area contributed by atoms with Gasteiger partial charge in [0.1, 0.15) is 0 Å². The van der Waals surface area contributed by atoms with Gasteiger partial charge in [0.2, 0.25) is 0 Å².